The molecule has 98 valence electrons. The molecule has 0 aliphatic rings. The van der Waals surface area contributed by atoms with Crippen molar-refractivity contribution in [2.75, 3.05) is 11.5 Å². The summed E-state index contributed by atoms with van der Waals surface area (Å²) in [5.41, 5.74) is 14.0. The van der Waals surface area contributed by atoms with Crippen molar-refractivity contribution in [2.24, 2.45) is 0 Å². The van der Waals surface area contributed by atoms with Gasteiger partial charge in [-0.3, -0.25) is 4.79 Å². The van der Waals surface area contributed by atoms with Crippen LogP contribution in [-0.4, -0.2) is 5.78 Å². The number of nitrogens with two attached hydrogens (primary N) is 2. The van der Waals surface area contributed by atoms with E-state index in [9.17, 15) is 4.79 Å². The van der Waals surface area contributed by atoms with Crippen LogP contribution < -0.4 is 11.5 Å². The quantitative estimate of drug-likeness (QED) is 0.827. The standard InChI is InChI=1S/C16H18N2O/c1-11(19)16(2,12-3-7-14(17)8-4-12)13-5-9-15(18)10-6-13/h3-10H,17-18H2,1-2H3. The Kier molecular flexibility index (Phi) is 3.30. The second-order valence-corrected chi connectivity index (χ2v) is 4.93. The third-order valence-corrected chi connectivity index (χ3v) is 3.68. The van der Waals surface area contributed by atoms with E-state index in [-0.39, 0.29) is 5.78 Å². The maximum atomic E-state index is 12.2. The van der Waals surface area contributed by atoms with Gasteiger partial charge < -0.3 is 11.5 Å². The summed E-state index contributed by atoms with van der Waals surface area (Å²) < 4.78 is 0. The third-order valence-electron chi connectivity index (χ3n) is 3.68. The number of carbonyl (C=O) groups excluding carboxylic acids is 1. The van der Waals surface area contributed by atoms with Gasteiger partial charge in [-0.05, 0) is 49.2 Å². The number of anilines is 2. The van der Waals surface area contributed by atoms with Gasteiger partial charge in [0.25, 0.3) is 0 Å². The van der Waals surface area contributed by atoms with E-state index in [0.717, 1.165) is 11.1 Å². The van der Waals surface area contributed by atoms with Gasteiger partial charge in [0, 0.05) is 11.4 Å². The molecule has 0 atom stereocenters. The van der Waals surface area contributed by atoms with Crippen molar-refractivity contribution < 1.29 is 4.79 Å². The number of nitrogen functional groups attached to an aromatic ring is 2. The first-order valence-corrected chi connectivity index (χ1v) is 6.17. The molecule has 3 nitrogen and oxygen atoms in total. The van der Waals surface area contributed by atoms with E-state index in [0.29, 0.717) is 11.4 Å². The molecule has 0 unspecified atom stereocenters. The summed E-state index contributed by atoms with van der Waals surface area (Å²) in [5, 5.41) is 0. The second-order valence-electron chi connectivity index (χ2n) is 4.93. The van der Waals surface area contributed by atoms with Crippen molar-refractivity contribution in [1.82, 2.24) is 0 Å². The van der Waals surface area contributed by atoms with E-state index in [2.05, 4.69) is 0 Å². The van der Waals surface area contributed by atoms with Gasteiger partial charge in [0.15, 0.2) is 0 Å². The molecule has 0 aliphatic heterocycles. The monoisotopic (exact) mass is 254 g/mol. The maximum Gasteiger partial charge on any atom is 0.144 e. The van der Waals surface area contributed by atoms with Gasteiger partial charge in [-0.15, -0.1) is 0 Å². The van der Waals surface area contributed by atoms with Crippen LogP contribution in [-0.2, 0) is 10.2 Å². The smallest absolute Gasteiger partial charge is 0.144 e. The molecule has 0 amide bonds. The summed E-state index contributed by atoms with van der Waals surface area (Å²) in [6.45, 7) is 3.53. The van der Waals surface area contributed by atoms with Crippen molar-refractivity contribution in [3.8, 4) is 0 Å². The zero-order valence-electron chi connectivity index (χ0n) is 11.2. The summed E-state index contributed by atoms with van der Waals surface area (Å²) >= 11 is 0. The Morgan fingerprint density at radius 2 is 1.16 bits per heavy atom. The molecule has 0 saturated carbocycles. The predicted molar refractivity (Wildman–Crippen MR) is 78.8 cm³/mol. The minimum absolute atomic E-state index is 0.0852. The molecule has 2 aromatic carbocycles. The van der Waals surface area contributed by atoms with Crippen LogP contribution in [0.4, 0.5) is 11.4 Å². The first-order chi connectivity index (χ1) is 8.94. The van der Waals surface area contributed by atoms with Crippen LogP contribution in [0, 0.1) is 0 Å². The molecule has 0 aliphatic carbocycles. The normalized spacial score (nSPS) is 11.3. The highest BCUT2D eigenvalue weighted by atomic mass is 16.1. The van der Waals surface area contributed by atoms with Gasteiger partial charge >= 0.3 is 0 Å². The van der Waals surface area contributed by atoms with Gasteiger partial charge in [-0.2, -0.15) is 0 Å². The summed E-state index contributed by atoms with van der Waals surface area (Å²) in [6, 6.07) is 14.8. The Balaban J connectivity index is 2.57. The van der Waals surface area contributed by atoms with Crippen LogP contribution in [0.5, 0.6) is 0 Å². The van der Waals surface area contributed by atoms with E-state index in [4.69, 9.17) is 11.5 Å². The van der Waals surface area contributed by atoms with Gasteiger partial charge in [0.05, 0.1) is 5.41 Å². The van der Waals surface area contributed by atoms with Gasteiger partial charge in [0.2, 0.25) is 0 Å². The number of hydrogen-bond acceptors (Lipinski definition) is 3. The van der Waals surface area contributed by atoms with Crippen molar-refractivity contribution in [3.63, 3.8) is 0 Å². The van der Waals surface area contributed by atoms with Crippen LogP contribution in [0.15, 0.2) is 48.5 Å². The number of carbonyl (C=O) groups is 1. The number of hydrogen-bond donors (Lipinski definition) is 2. The first kappa shape index (κ1) is 13.1. The second kappa shape index (κ2) is 4.76. The van der Waals surface area contributed by atoms with Crippen molar-refractivity contribution in [3.05, 3.63) is 59.7 Å². The van der Waals surface area contributed by atoms with Crippen LogP contribution in [0.1, 0.15) is 25.0 Å². The van der Waals surface area contributed by atoms with Crippen LogP contribution in [0.2, 0.25) is 0 Å². The summed E-state index contributed by atoms with van der Waals surface area (Å²) in [5.74, 6) is 0.0852. The van der Waals surface area contributed by atoms with E-state index < -0.39 is 5.41 Å². The van der Waals surface area contributed by atoms with Crippen LogP contribution >= 0.6 is 0 Å². The molecule has 0 aromatic heterocycles. The fourth-order valence-electron chi connectivity index (χ4n) is 2.21. The predicted octanol–water partition coefficient (Wildman–Crippen LogP) is 2.75. The fourth-order valence-corrected chi connectivity index (χ4v) is 2.21. The zero-order chi connectivity index (χ0) is 14.0. The number of ketones is 1. The molecule has 2 aromatic rings. The van der Waals surface area contributed by atoms with E-state index in [1.165, 1.54) is 0 Å². The Labute approximate surface area is 113 Å². The Morgan fingerprint density at radius 1 is 0.842 bits per heavy atom. The van der Waals surface area contributed by atoms with E-state index >= 15 is 0 Å². The van der Waals surface area contributed by atoms with Crippen molar-refractivity contribution in [1.29, 1.82) is 0 Å². The van der Waals surface area contributed by atoms with Gasteiger partial charge in [0.1, 0.15) is 5.78 Å². The van der Waals surface area contributed by atoms with E-state index in [1.54, 1.807) is 6.92 Å². The number of Topliss-reactive ketones (excluding diaryl/α,β-unsaturated/α-hetero) is 1. The molecule has 19 heavy (non-hydrogen) atoms. The van der Waals surface area contributed by atoms with Gasteiger partial charge in [-0.25, -0.2) is 0 Å². The van der Waals surface area contributed by atoms with Crippen LogP contribution in [0.25, 0.3) is 0 Å². The molecule has 3 heteroatoms. The highest BCUT2D eigenvalue weighted by Gasteiger charge is 2.33. The van der Waals surface area contributed by atoms with E-state index in [1.807, 2.05) is 55.5 Å². The molecule has 0 radical (unpaired) electrons. The Bertz CT molecular complexity index is 540. The van der Waals surface area contributed by atoms with Crippen molar-refractivity contribution in [2.45, 2.75) is 19.3 Å². The lowest BCUT2D eigenvalue weighted by atomic mass is 9.73. The molecule has 0 fully saturated rings. The lowest BCUT2D eigenvalue weighted by Gasteiger charge is -2.28. The molecular weight excluding hydrogens is 236 g/mol. The molecule has 0 heterocycles. The lowest BCUT2D eigenvalue weighted by Crippen LogP contribution is -2.32. The SMILES string of the molecule is CC(=O)C(C)(c1ccc(N)cc1)c1ccc(N)cc1. The maximum absolute atomic E-state index is 12.2. The highest BCUT2D eigenvalue weighted by Crippen LogP contribution is 2.33. The average molecular weight is 254 g/mol. The largest absolute Gasteiger partial charge is 0.399 e. The van der Waals surface area contributed by atoms with Gasteiger partial charge in [-0.1, -0.05) is 24.3 Å². The molecular formula is C16H18N2O. The molecule has 4 N–H and O–H groups in total. The topological polar surface area (TPSA) is 69.1 Å². The minimum Gasteiger partial charge on any atom is -0.399 e. The lowest BCUT2D eigenvalue weighted by molar-refractivity contribution is -0.120. The van der Waals surface area contributed by atoms with Crippen LogP contribution in [0.3, 0.4) is 0 Å². The number of rotatable bonds is 3. The first-order valence-electron chi connectivity index (χ1n) is 6.17. The highest BCUT2D eigenvalue weighted by molar-refractivity contribution is 5.91. The Hall–Kier alpha value is -2.29. The minimum atomic E-state index is -0.679. The number of benzene rings is 2. The molecule has 2 rings (SSSR count). The summed E-state index contributed by atoms with van der Waals surface area (Å²) in [6.07, 6.45) is 0. The van der Waals surface area contributed by atoms with Crippen molar-refractivity contribution >= 4 is 17.2 Å². The third kappa shape index (κ3) is 2.32. The average Bonchev–Trinajstić information content (AvgIpc) is 2.39. The summed E-state index contributed by atoms with van der Waals surface area (Å²) in [7, 11) is 0. The molecule has 0 bridgehead atoms. The fraction of sp³-hybridized carbons (Fsp3) is 0.188. The summed E-state index contributed by atoms with van der Waals surface area (Å²) in [4.78, 5) is 12.2. The zero-order valence-corrected chi connectivity index (χ0v) is 11.2. The molecule has 0 spiro atoms. The molecule has 0 saturated heterocycles. The Morgan fingerprint density at radius 3 is 1.42 bits per heavy atom.